The number of methoxy groups -OCH3 is 1. The Morgan fingerprint density at radius 1 is 1.31 bits per heavy atom. The van der Waals surface area contributed by atoms with Gasteiger partial charge in [0.25, 0.3) is 0 Å². The number of carbonyl (C=O) groups excluding carboxylic acids is 1. The van der Waals surface area contributed by atoms with Crippen LogP contribution < -0.4 is 4.74 Å². The Hall–Kier alpha value is -2.86. The van der Waals surface area contributed by atoms with Gasteiger partial charge in [0, 0.05) is 12.1 Å². The number of benzene rings is 2. The van der Waals surface area contributed by atoms with E-state index < -0.39 is 0 Å². The minimum atomic E-state index is -0.193. The van der Waals surface area contributed by atoms with E-state index in [0.717, 1.165) is 29.5 Å². The number of hydrogen-bond acceptors (Lipinski definition) is 5. The predicted octanol–water partition coefficient (Wildman–Crippen LogP) is 4.61. The van der Waals surface area contributed by atoms with E-state index in [1.165, 1.54) is 0 Å². The lowest BCUT2D eigenvalue weighted by Crippen LogP contribution is -2.32. The molecule has 0 N–H and O–H groups in total. The summed E-state index contributed by atoms with van der Waals surface area (Å²) in [5.41, 5.74) is 2.86. The van der Waals surface area contributed by atoms with Crippen LogP contribution in [0.1, 0.15) is 35.9 Å². The van der Waals surface area contributed by atoms with Gasteiger partial charge in [0.05, 0.1) is 18.6 Å². The average Bonchev–Trinajstić information content (AvgIpc) is 3.38. The lowest BCUT2D eigenvalue weighted by Gasteiger charge is -2.22. The van der Waals surface area contributed by atoms with Gasteiger partial charge in [-0.25, -0.2) is 0 Å². The molecule has 1 fully saturated rings. The monoisotopic (exact) mass is 411 g/mol. The molecule has 1 aromatic heterocycles. The smallest absolute Gasteiger partial charge is 0.249 e. The number of nitrogens with zero attached hydrogens (tertiary/aromatic N) is 3. The Morgan fingerprint density at radius 2 is 2.14 bits per heavy atom. The first-order chi connectivity index (χ1) is 14.1. The van der Waals surface area contributed by atoms with Crippen molar-refractivity contribution in [2.75, 3.05) is 13.7 Å². The van der Waals surface area contributed by atoms with E-state index in [1.54, 1.807) is 19.2 Å². The third-order valence-corrected chi connectivity index (χ3v) is 5.55. The predicted molar refractivity (Wildman–Crippen MR) is 110 cm³/mol. The van der Waals surface area contributed by atoms with E-state index in [0.29, 0.717) is 29.0 Å². The summed E-state index contributed by atoms with van der Waals surface area (Å²) in [6, 6.07) is 13.1. The van der Waals surface area contributed by atoms with Crippen molar-refractivity contribution in [2.24, 2.45) is 0 Å². The van der Waals surface area contributed by atoms with Crippen LogP contribution >= 0.6 is 11.6 Å². The van der Waals surface area contributed by atoms with Crippen LogP contribution in [0.25, 0.3) is 11.4 Å². The van der Waals surface area contributed by atoms with E-state index in [4.69, 9.17) is 20.9 Å². The van der Waals surface area contributed by atoms with Crippen LogP contribution in [-0.2, 0) is 11.2 Å². The van der Waals surface area contributed by atoms with E-state index in [9.17, 15) is 4.79 Å². The van der Waals surface area contributed by atoms with Gasteiger partial charge in [-0.1, -0.05) is 47.1 Å². The maximum Gasteiger partial charge on any atom is 0.249 e. The van der Waals surface area contributed by atoms with Gasteiger partial charge < -0.3 is 14.2 Å². The summed E-state index contributed by atoms with van der Waals surface area (Å²) >= 11 is 6.19. The van der Waals surface area contributed by atoms with E-state index in [1.807, 2.05) is 42.2 Å². The number of halogens is 1. The SMILES string of the molecule is COc1ccc(CC(=O)N2CCC[C@H]2c2nc(-c3ccccc3C)no2)cc1Cl. The summed E-state index contributed by atoms with van der Waals surface area (Å²) < 4.78 is 10.7. The molecule has 1 aliphatic heterocycles. The molecule has 2 heterocycles. The van der Waals surface area contributed by atoms with Gasteiger partial charge in [-0.05, 0) is 43.0 Å². The lowest BCUT2D eigenvalue weighted by molar-refractivity contribution is -0.131. The number of ether oxygens (including phenoxy) is 1. The molecule has 4 rings (SSSR count). The topological polar surface area (TPSA) is 68.5 Å². The first kappa shape index (κ1) is 19.5. The first-order valence-corrected chi connectivity index (χ1v) is 9.96. The maximum atomic E-state index is 13.0. The van der Waals surface area contributed by atoms with Crippen molar-refractivity contribution in [2.45, 2.75) is 32.2 Å². The molecule has 0 aliphatic carbocycles. The number of aryl methyl sites for hydroxylation is 1. The third kappa shape index (κ3) is 3.98. The Labute approximate surface area is 174 Å². The summed E-state index contributed by atoms with van der Waals surface area (Å²) in [7, 11) is 1.57. The molecule has 1 saturated heterocycles. The van der Waals surface area contributed by atoms with E-state index in [-0.39, 0.29) is 18.4 Å². The molecular weight excluding hydrogens is 390 g/mol. The fourth-order valence-corrected chi connectivity index (χ4v) is 4.00. The molecule has 0 unspecified atom stereocenters. The van der Waals surface area contributed by atoms with Gasteiger partial charge in [-0.3, -0.25) is 4.79 Å². The Morgan fingerprint density at radius 3 is 2.90 bits per heavy atom. The van der Waals surface area contributed by atoms with E-state index >= 15 is 0 Å². The number of carbonyl (C=O) groups is 1. The first-order valence-electron chi connectivity index (χ1n) is 9.58. The van der Waals surface area contributed by atoms with Crippen molar-refractivity contribution in [3.63, 3.8) is 0 Å². The maximum absolute atomic E-state index is 13.0. The van der Waals surface area contributed by atoms with E-state index in [2.05, 4.69) is 10.1 Å². The van der Waals surface area contributed by atoms with Crippen molar-refractivity contribution in [1.29, 1.82) is 0 Å². The summed E-state index contributed by atoms with van der Waals surface area (Å²) in [4.78, 5) is 19.4. The van der Waals surface area contributed by atoms with Crippen LogP contribution in [0.15, 0.2) is 47.0 Å². The van der Waals surface area contributed by atoms with Gasteiger partial charge in [-0.2, -0.15) is 4.98 Å². The van der Waals surface area contributed by atoms with Gasteiger partial charge in [-0.15, -0.1) is 0 Å². The Balaban J connectivity index is 1.51. The van der Waals surface area contributed by atoms with Gasteiger partial charge >= 0.3 is 0 Å². The molecule has 7 heteroatoms. The lowest BCUT2D eigenvalue weighted by atomic mass is 10.1. The van der Waals surface area contributed by atoms with Crippen molar-refractivity contribution in [1.82, 2.24) is 15.0 Å². The van der Waals surface area contributed by atoms with Crippen molar-refractivity contribution in [3.05, 3.63) is 64.5 Å². The molecule has 2 aromatic carbocycles. The molecule has 0 spiro atoms. The molecule has 1 amide bonds. The number of rotatable bonds is 5. The number of hydrogen-bond donors (Lipinski definition) is 0. The minimum Gasteiger partial charge on any atom is -0.495 e. The highest BCUT2D eigenvalue weighted by Gasteiger charge is 2.34. The fourth-order valence-electron chi connectivity index (χ4n) is 3.72. The standard InChI is InChI=1S/C22H22ClN3O3/c1-14-6-3-4-7-16(14)21-24-22(29-25-21)18-8-5-11-26(18)20(27)13-15-9-10-19(28-2)17(23)12-15/h3-4,6-7,9-10,12,18H,5,8,11,13H2,1-2H3/t18-/m0/s1. The molecule has 0 radical (unpaired) electrons. The molecular formula is C22H22ClN3O3. The summed E-state index contributed by atoms with van der Waals surface area (Å²) in [5, 5.41) is 4.64. The molecule has 0 saturated carbocycles. The zero-order chi connectivity index (χ0) is 20.4. The second-order valence-corrected chi connectivity index (χ2v) is 7.57. The molecule has 1 atom stereocenters. The summed E-state index contributed by atoms with van der Waals surface area (Å²) in [6.07, 6.45) is 1.98. The number of amides is 1. The minimum absolute atomic E-state index is 0.0179. The van der Waals surface area contributed by atoms with Crippen LogP contribution in [0.4, 0.5) is 0 Å². The fraction of sp³-hybridized carbons (Fsp3) is 0.318. The van der Waals surface area contributed by atoms with Crippen molar-refractivity contribution >= 4 is 17.5 Å². The number of likely N-dealkylation sites (tertiary alicyclic amines) is 1. The molecule has 150 valence electrons. The number of aromatic nitrogens is 2. The highest BCUT2D eigenvalue weighted by atomic mass is 35.5. The molecule has 1 aliphatic rings. The molecule has 29 heavy (non-hydrogen) atoms. The molecule has 6 nitrogen and oxygen atoms in total. The van der Waals surface area contributed by atoms with Crippen LogP contribution in [0.2, 0.25) is 5.02 Å². The second kappa shape index (κ2) is 8.25. The second-order valence-electron chi connectivity index (χ2n) is 7.16. The third-order valence-electron chi connectivity index (χ3n) is 5.26. The average molecular weight is 412 g/mol. The van der Waals surface area contributed by atoms with Gasteiger partial charge in [0.2, 0.25) is 17.6 Å². The Bertz CT molecular complexity index is 1030. The van der Waals surface area contributed by atoms with Crippen LogP contribution in [0.3, 0.4) is 0 Å². The largest absolute Gasteiger partial charge is 0.495 e. The van der Waals surface area contributed by atoms with Gasteiger partial charge in [0.1, 0.15) is 11.8 Å². The van der Waals surface area contributed by atoms with Crippen LogP contribution in [0.5, 0.6) is 5.75 Å². The highest BCUT2D eigenvalue weighted by molar-refractivity contribution is 6.32. The highest BCUT2D eigenvalue weighted by Crippen LogP contribution is 2.33. The van der Waals surface area contributed by atoms with Crippen LogP contribution in [-0.4, -0.2) is 34.6 Å². The zero-order valence-electron chi connectivity index (χ0n) is 16.4. The normalized spacial score (nSPS) is 16.2. The van der Waals surface area contributed by atoms with Crippen molar-refractivity contribution in [3.8, 4) is 17.1 Å². The zero-order valence-corrected chi connectivity index (χ0v) is 17.1. The quantitative estimate of drug-likeness (QED) is 0.613. The molecule has 3 aromatic rings. The van der Waals surface area contributed by atoms with Crippen LogP contribution in [0, 0.1) is 6.92 Å². The summed E-state index contributed by atoms with van der Waals surface area (Å²) in [5.74, 6) is 1.65. The van der Waals surface area contributed by atoms with Gasteiger partial charge in [0.15, 0.2) is 0 Å². The summed E-state index contributed by atoms with van der Waals surface area (Å²) in [6.45, 7) is 2.69. The molecule has 0 bridgehead atoms. The van der Waals surface area contributed by atoms with Crippen molar-refractivity contribution < 1.29 is 14.1 Å². The Kier molecular flexibility index (Phi) is 5.53.